The van der Waals surface area contributed by atoms with Crippen molar-refractivity contribution in [2.24, 2.45) is 0 Å². The molecule has 0 radical (unpaired) electrons. The third-order valence-electron chi connectivity index (χ3n) is 1.75. The molecule has 0 heterocycles. The largest absolute Gasteiger partial charge is 0.573 e. The molecule has 0 spiro atoms. The number of carbonyl (C=O) groups is 1. The normalized spacial score (nSPS) is 11.1. The number of carboxylic acids is 1. The van der Waals surface area contributed by atoms with E-state index in [1.54, 1.807) is 0 Å². The molecule has 8 heteroatoms. The lowest BCUT2D eigenvalue weighted by Crippen LogP contribution is -2.18. The van der Waals surface area contributed by atoms with E-state index in [-0.39, 0.29) is 18.1 Å². The Balaban J connectivity index is 3.05. The Hall–Kier alpha value is -1.96. The van der Waals surface area contributed by atoms with Crippen molar-refractivity contribution in [1.29, 1.82) is 0 Å². The SMILES string of the molecule is COCOc1ccc(C(=O)O)cc1OC(F)(F)F. The number of methoxy groups -OCH3 is 1. The molecule has 1 aromatic rings. The maximum Gasteiger partial charge on any atom is 0.573 e. The van der Waals surface area contributed by atoms with E-state index in [9.17, 15) is 18.0 Å². The van der Waals surface area contributed by atoms with Gasteiger partial charge in [0.15, 0.2) is 18.3 Å². The quantitative estimate of drug-likeness (QED) is 0.828. The number of hydrogen-bond donors (Lipinski definition) is 1. The lowest BCUT2D eigenvalue weighted by atomic mass is 10.2. The van der Waals surface area contributed by atoms with Gasteiger partial charge in [0.05, 0.1) is 5.56 Å². The van der Waals surface area contributed by atoms with Crippen LogP contribution in [0, 0.1) is 0 Å². The maximum absolute atomic E-state index is 12.1. The van der Waals surface area contributed by atoms with Crippen molar-refractivity contribution >= 4 is 5.97 Å². The van der Waals surface area contributed by atoms with Gasteiger partial charge in [-0.25, -0.2) is 4.79 Å². The van der Waals surface area contributed by atoms with Crippen LogP contribution in [0.4, 0.5) is 13.2 Å². The molecule has 0 saturated carbocycles. The summed E-state index contributed by atoms with van der Waals surface area (Å²) in [5.74, 6) is -2.38. The Kier molecular flexibility index (Phi) is 4.38. The minimum absolute atomic E-state index is 0.265. The van der Waals surface area contributed by atoms with E-state index in [2.05, 4.69) is 9.47 Å². The van der Waals surface area contributed by atoms with E-state index in [4.69, 9.17) is 9.84 Å². The number of alkyl halides is 3. The number of ether oxygens (including phenoxy) is 3. The fourth-order valence-corrected chi connectivity index (χ4v) is 1.09. The van der Waals surface area contributed by atoms with Crippen molar-refractivity contribution in [3.8, 4) is 11.5 Å². The van der Waals surface area contributed by atoms with Crippen molar-refractivity contribution in [2.45, 2.75) is 6.36 Å². The van der Waals surface area contributed by atoms with Gasteiger partial charge in [-0.3, -0.25) is 0 Å². The third-order valence-corrected chi connectivity index (χ3v) is 1.75. The van der Waals surface area contributed by atoms with Crippen molar-refractivity contribution in [1.82, 2.24) is 0 Å². The smallest absolute Gasteiger partial charge is 0.478 e. The Labute approximate surface area is 99.7 Å². The van der Waals surface area contributed by atoms with E-state index in [0.29, 0.717) is 0 Å². The lowest BCUT2D eigenvalue weighted by Gasteiger charge is -2.14. The molecule has 0 aliphatic rings. The molecule has 0 saturated heterocycles. The first kappa shape index (κ1) is 14.1. The van der Waals surface area contributed by atoms with Crippen molar-refractivity contribution in [3.05, 3.63) is 23.8 Å². The summed E-state index contributed by atoms with van der Waals surface area (Å²) >= 11 is 0. The van der Waals surface area contributed by atoms with Crippen LogP contribution in [0.2, 0.25) is 0 Å². The highest BCUT2D eigenvalue weighted by Crippen LogP contribution is 2.33. The van der Waals surface area contributed by atoms with E-state index in [0.717, 1.165) is 18.2 Å². The Morgan fingerprint density at radius 2 is 2.00 bits per heavy atom. The van der Waals surface area contributed by atoms with Gasteiger partial charge in [0.2, 0.25) is 0 Å². The van der Waals surface area contributed by atoms with Gasteiger partial charge in [-0.05, 0) is 18.2 Å². The predicted molar refractivity (Wildman–Crippen MR) is 52.6 cm³/mol. The maximum atomic E-state index is 12.1. The average molecular weight is 266 g/mol. The second-order valence-corrected chi connectivity index (χ2v) is 3.07. The zero-order chi connectivity index (χ0) is 13.8. The molecule has 1 N–H and O–H groups in total. The number of aromatic carboxylic acids is 1. The monoisotopic (exact) mass is 266 g/mol. The summed E-state index contributed by atoms with van der Waals surface area (Å²) in [6.07, 6.45) is -4.94. The third kappa shape index (κ3) is 4.13. The fraction of sp³-hybridized carbons (Fsp3) is 0.300. The van der Waals surface area contributed by atoms with E-state index >= 15 is 0 Å². The molecule has 0 amide bonds. The molecule has 100 valence electrons. The fourth-order valence-electron chi connectivity index (χ4n) is 1.09. The zero-order valence-electron chi connectivity index (χ0n) is 9.15. The number of halogens is 3. The van der Waals surface area contributed by atoms with Gasteiger partial charge in [-0.1, -0.05) is 0 Å². The molecule has 0 aliphatic carbocycles. The van der Waals surface area contributed by atoms with E-state index in [1.807, 2.05) is 0 Å². The van der Waals surface area contributed by atoms with Crippen molar-refractivity contribution in [2.75, 3.05) is 13.9 Å². The van der Waals surface area contributed by atoms with Gasteiger partial charge in [0, 0.05) is 7.11 Å². The number of benzene rings is 1. The second-order valence-electron chi connectivity index (χ2n) is 3.07. The number of hydrogen-bond acceptors (Lipinski definition) is 4. The second kappa shape index (κ2) is 5.58. The highest BCUT2D eigenvalue weighted by molar-refractivity contribution is 5.88. The summed E-state index contributed by atoms with van der Waals surface area (Å²) in [7, 11) is 1.29. The van der Waals surface area contributed by atoms with Gasteiger partial charge in [0.1, 0.15) is 0 Å². The first-order valence-electron chi connectivity index (χ1n) is 4.58. The zero-order valence-corrected chi connectivity index (χ0v) is 9.15. The van der Waals surface area contributed by atoms with Crippen LogP contribution in [0.5, 0.6) is 11.5 Å². The van der Waals surface area contributed by atoms with Crippen LogP contribution in [0.25, 0.3) is 0 Å². The minimum Gasteiger partial charge on any atom is -0.478 e. The Morgan fingerprint density at radius 1 is 1.33 bits per heavy atom. The molecule has 1 rings (SSSR count). The summed E-state index contributed by atoms with van der Waals surface area (Å²) in [6.45, 7) is -0.291. The molecule has 0 fully saturated rings. The minimum atomic E-state index is -4.94. The summed E-state index contributed by atoms with van der Waals surface area (Å²) in [6, 6.07) is 2.88. The van der Waals surface area contributed by atoms with Gasteiger partial charge >= 0.3 is 12.3 Å². The van der Waals surface area contributed by atoms with Gasteiger partial charge in [-0.2, -0.15) is 0 Å². The molecular weight excluding hydrogens is 257 g/mol. The standard InChI is InChI=1S/C10H9F3O5/c1-16-5-17-7-3-2-6(9(14)15)4-8(7)18-10(11,12)13/h2-4H,5H2,1H3,(H,14,15). The molecule has 1 aromatic carbocycles. The van der Waals surface area contributed by atoms with Crippen LogP contribution in [0.3, 0.4) is 0 Å². The van der Waals surface area contributed by atoms with Gasteiger partial charge in [-0.15, -0.1) is 13.2 Å². The van der Waals surface area contributed by atoms with Gasteiger partial charge in [0.25, 0.3) is 0 Å². The Bertz CT molecular complexity index is 430. The van der Waals surface area contributed by atoms with E-state index < -0.39 is 18.1 Å². The lowest BCUT2D eigenvalue weighted by molar-refractivity contribution is -0.275. The highest BCUT2D eigenvalue weighted by atomic mass is 19.4. The van der Waals surface area contributed by atoms with Crippen LogP contribution in [-0.4, -0.2) is 31.3 Å². The van der Waals surface area contributed by atoms with Crippen molar-refractivity contribution in [3.63, 3.8) is 0 Å². The molecule has 0 unspecified atom stereocenters. The van der Waals surface area contributed by atoms with E-state index in [1.165, 1.54) is 7.11 Å². The van der Waals surface area contributed by atoms with Crippen LogP contribution < -0.4 is 9.47 Å². The summed E-state index contributed by atoms with van der Waals surface area (Å²) in [4.78, 5) is 10.6. The summed E-state index contributed by atoms with van der Waals surface area (Å²) < 4.78 is 49.4. The molecular formula is C10H9F3O5. The molecule has 0 aromatic heterocycles. The molecule has 18 heavy (non-hydrogen) atoms. The predicted octanol–water partition coefficient (Wildman–Crippen LogP) is 2.27. The first-order chi connectivity index (χ1) is 8.33. The van der Waals surface area contributed by atoms with Crippen LogP contribution in [0.1, 0.15) is 10.4 Å². The van der Waals surface area contributed by atoms with Crippen LogP contribution in [-0.2, 0) is 4.74 Å². The molecule has 0 atom stereocenters. The topological polar surface area (TPSA) is 65.0 Å². The molecule has 0 aliphatic heterocycles. The van der Waals surface area contributed by atoms with Crippen molar-refractivity contribution < 1.29 is 37.3 Å². The molecule has 5 nitrogen and oxygen atoms in total. The van der Waals surface area contributed by atoms with Crippen LogP contribution in [0.15, 0.2) is 18.2 Å². The first-order valence-corrected chi connectivity index (χ1v) is 4.58. The highest BCUT2D eigenvalue weighted by Gasteiger charge is 2.33. The Morgan fingerprint density at radius 3 is 2.50 bits per heavy atom. The summed E-state index contributed by atoms with van der Waals surface area (Å²) in [5, 5.41) is 8.67. The number of carboxylic acid groups (broad SMARTS) is 1. The summed E-state index contributed by atoms with van der Waals surface area (Å²) in [5.41, 5.74) is -0.348. The molecule has 0 bridgehead atoms. The average Bonchev–Trinajstić information content (AvgIpc) is 2.25. The van der Waals surface area contributed by atoms with Gasteiger partial charge < -0.3 is 19.3 Å². The van der Waals surface area contributed by atoms with Crippen LogP contribution >= 0.6 is 0 Å². The number of rotatable bonds is 5.